The zero-order valence-electron chi connectivity index (χ0n) is 9.93. The number of fused-ring (bicyclic) bond motifs is 1. The fraction of sp³-hybridized carbons (Fsp3) is 0.308. The third-order valence-corrected chi connectivity index (χ3v) is 2.45. The van der Waals surface area contributed by atoms with Crippen molar-refractivity contribution in [3.63, 3.8) is 0 Å². The van der Waals surface area contributed by atoms with E-state index in [0.717, 1.165) is 28.1 Å². The second kappa shape index (κ2) is 5.01. The van der Waals surface area contributed by atoms with Crippen LogP contribution in [0.2, 0.25) is 0 Å². The molecule has 2 rings (SSSR count). The van der Waals surface area contributed by atoms with Crippen LogP contribution in [0, 0.1) is 6.92 Å². The average Bonchev–Trinajstić information content (AvgIpc) is 2.35. The minimum atomic E-state index is -0.00711. The molecule has 0 fully saturated rings. The summed E-state index contributed by atoms with van der Waals surface area (Å²) in [6.07, 6.45) is 0. The molecule has 0 amide bonds. The minimum Gasteiger partial charge on any atom is -0.497 e. The van der Waals surface area contributed by atoms with Gasteiger partial charge in [0.2, 0.25) is 0 Å². The molecule has 90 valence electrons. The quantitative estimate of drug-likeness (QED) is 0.876. The highest BCUT2D eigenvalue weighted by atomic mass is 16.5. The molecule has 0 bridgehead atoms. The summed E-state index contributed by atoms with van der Waals surface area (Å²) in [4.78, 5) is 4.42. The first-order chi connectivity index (χ1) is 8.24. The molecule has 1 N–H and O–H groups in total. The maximum Gasteiger partial charge on any atom is 0.130 e. The summed E-state index contributed by atoms with van der Waals surface area (Å²) in [5, 5.41) is 9.70. The first-order valence-electron chi connectivity index (χ1n) is 5.43. The van der Waals surface area contributed by atoms with Gasteiger partial charge in [-0.2, -0.15) is 0 Å². The van der Waals surface area contributed by atoms with Gasteiger partial charge in [0.15, 0.2) is 0 Å². The van der Waals surface area contributed by atoms with Gasteiger partial charge in [0.05, 0.1) is 19.2 Å². The number of pyridine rings is 1. The maximum atomic E-state index is 8.80. The van der Waals surface area contributed by atoms with Gasteiger partial charge in [0.1, 0.15) is 18.1 Å². The van der Waals surface area contributed by atoms with E-state index in [1.807, 2.05) is 31.2 Å². The minimum absolute atomic E-state index is 0.00711. The van der Waals surface area contributed by atoms with Crippen molar-refractivity contribution < 1.29 is 14.6 Å². The van der Waals surface area contributed by atoms with Crippen molar-refractivity contribution in [3.05, 3.63) is 30.0 Å². The zero-order chi connectivity index (χ0) is 12.3. The Bertz CT molecular complexity index is 525. The molecule has 0 aliphatic heterocycles. The van der Waals surface area contributed by atoms with E-state index in [1.54, 1.807) is 7.11 Å². The number of ether oxygens (including phenoxy) is 2. The number of aliphatic hydroxyl groups excluding tert-OH is 1. The van der Waals surface area contributed by atoms with Gasteiger partial charge in [0.25, 0.3) is 0 Å². The number of hydrogen-bond donors (Lipinski definition) is 1. The van der Waals surface area contributed by atoms with Gasteiger partial charge in [-0.3, -0.25) is 4.98 Å². The van der Waals surface area contributed by atoms with Crippen LogP contribution in [-0.2, 0) is 0 Å². The molecule has 0 aliphatic carbocycles. The molecule has 0 radical (unpaired) electrons. The number of methoxy groups -OCH3 is 1. The molecular weight excluding hydrogens is 218 g/mol. The second-order valence-corrected chi connectivity index (χ2v) is 3.72. The van der Waals surface area contributed by atoms with Gasteiger partial charge in [0, 0.05) is 17.1 Å². The molecule has 0 unspecified atom stereocenters. The molecule has 1 heterocycles. The summed E-state index contributed by atoms with van der Waals surface area (Å²) < 4.78 is 10.7. The molecule has 1 aromatic carbocycles. The van der Waals surface area contributed by atoms with Crippen LogP contribution in [0.5, 0.6) is 11.5 Å². The summed E-state index contributed by atoms with van der Waals surface area (Å²) in [5.74, 6) is 1.48. The maximum absolute atomic E-state index is 8.80. The summed E-state index contributed by atoms with van der Waals surface area (Å²) in [5.41, 5.74) is 1.74. The molecule has 0 aliphatic rings. The van der Waals surface area contributed by atoms with Crippen LogP contribution in [-0.4, -0.2) is 30.4 Å². The van der Waals surface area contributed by atoms with E-state index in [-0.39, 0.29) is 13.2 Å². The second-order valence-electron chi connectivity index (χ2n) is 3.72. The monoisotopic (exact) mass is 233 g/mol. The number of benzene rings is 1. The van der Waals surface area contributed by atoms with Crippen LogP contribution < -0.4 is 9.47 Å². The predicted molar refractivity (Wildman–Crippen MR) is 65.6 cm³/mol. The highest BCUT2D eigenvalue weighted by Crippen LogP contribution is 2.28. The lowest BCUT2D eigenvalue weighted by atomic mass is 10.1. The van der Waals surface area contributed by atoms with Gasteiger partial charge < -0.3 is 14.6 Å². The first kappa shape index (κ1) is 11.7. The molecule has 0 saturated carbocycles. The van der Waals surface area contributed by atoms with Gasteiger partial charge >= 0.3 is 0 Å². The van der Waals surface area contributed by atoms with E-state index < -0.39 is 0 Å². The Morgan fingerprint density at radius 1 is 1.29 bits per heavy atom. The zero-order valence-corrected chi connectivity index (χ0v) is 9.93. The van der Waals surface area contributed by atoms with Crippen molar-refractivity contribution in [3.8, 4) is 11.5 Å². The lowest BCUT2D eigenvalue weighted by Crippen LogP contribution is -2.03. The van der Waals surface area contributed by atoms with E-state index in [2.05, 4.69) is 4.98 Å². The van der Waals surface area contributed by atoms with Crippen molar-refractivity contribution in [2.24, 2.45) is 0 Å². The van der Waals surface area contributed by atoms with E-state index >= 15 is 0 Å². The van der Waals surface area contributed by atoms with Crippen molar-refractivity contribution >= 4 is 10.9 Å². The Labute approximate surface area is 99.8 Å². The predicted octanol–water partition coefficient (Wildman–Crippen LogP) is 1.92. The first-order valence-corrected chi connectivity index (χ1v) is 5.43. The molecule has 1 aromatic heterocycles. The Morgan fingerprint density at radius 3 is 2.82 bits per heavy atom. The summed E-state index contributed by atoms with van der Waals surface area (Å²) in [6, 6.07) is 7.50. The smallest absolute Gasteiger partial charge is 0.130 e. The van der Waals surface area contributed by atoms with Crippen LogP contribution in [0.4, 0.5) is 0 Å². The fourth-order valence-electron chi connectivity index (χ4n) is 1.70. The van der Waals surface area contributed by atoms with Gasteiger partial charge in [-0.15, -0.1) is 0 Å². The van der Waals surface area contributed by atoms with Crippen LogP contribution in [0.25, 0.3) is 10.9 Å². The molecule has 0 saturated heterocycles. The topological polar surface area (TPSA) is 51.6 Å². The number of aromatic nitrogens is 1. The number of aryl methyl sites for hydroxylation is 1. The van der Waals surface area contributed by atoms with Crippen molar-refractivity contribution in [1.82, 2.24) is 4.98 Å². The van der Waals surface area contributed by atoms with Gasteiger partial charge in [-0.05, 0) is 25.1 Å². The number of hydrogen-bond acceptors (Lipinski definition) is 4. The largest absolute Gasteiger partial charge is 0.497 e. The lowest BCUT2D eigenvalue weighted by molar-refractivity contribution is 0.202. The third kappa shape index (κ3) is 2.47. The SMILES string of the molecule is COc1ccc2nc(C)cc(OCCO)c2c1. The highest BCUT2D eigenvalue weighted by molar-refractivity contribution is 5.86. The van der Waals surface area contributed by atoms with Crippen LogP contribution in [0.15, 0.2) is 24.3 Å². The molecule has 0 spiro atoms. The van der Waals surface area contributed by atoms with Crippen molar-refractivity contribution in [1.29, 1.82) is 0 Å². The normalized spacial score (nSPS) is 10.5. The van der Waals surface area contributed by atoms with Crippen molar-refractivity contribution in [2.45, 2.75) is 6.92 Å². The molecule has 4 nitrogen and oxygen atoms in total. The number of rotatable bonds is 4. The van der Waals surface area contributed by atoms with Crippen LogP contribution in [0.3, 0.4) is 0 Å². The van der Waals surface area contributed by atoms with E-state index in [0.29, 0.717) is 0 Å². The van der Waals surface area contributed by atoms with Crippen molar-refractivity contribution in [2.75, 3.05) is 20.3 Å². The van der Waals surface area contributed by atoms with E-state index in [1.165, 1.54) is 0 Å². The standard InChI is InChI=1S/C13H15NO3/c1-9-7-13(17-6-5-15)11-8-10(16-2)3-4-12(11)14-9/h3-4,7-8,15H,5-6H2,1-2H3. The Hall–Kier alpha value is -1.81. The fourth-order valence-corrected chi connectivity index (χ4v) is 1.70. The van der Waals surface area contributed by atoms with Gasteiger partial charge in [-0.25, -0.2) is 0 Å². The van der Waals surface area contributed by atoms with Crippen LogP contribution in [0.1, 0.15) is 5.69 Å². The van der Waals surface area contributed by atoms with E-state index in [9.17, 15) is 0 Å². The Kier molecular flexibility index (Phi) is 3.44. The molecule has 17 heavy (non-hydrogen) atoms. The summed E-state index contributed by atoms with van der Waals surface area (Å²) in [6.45, 7) is 2.18. The molecular formula is C13H15NO3. The molecule has 0 atom stereocenters. The van der Waals surface area contributed by atoms with E-state index in [4.69, 9.17) is 14.6 Å². The molecule has 4 heteroatoms. The van der Waals surface area contributed by atoms with Crippen LogP contribution >= 0.6 is 0 Å². The Balaban J connectivity index is 2.53. The Morgan fingerprint density at radius 2 is 2.12 bits per heavy atom. The van der Waals surface area contributed by atoms with Gasteiger partial charge in [-0.1, -0.05) is 0 Å². The number of nitrogens with zero attached hydrogens (tertiary/aromatic N) is 1. The summed E-state index contributed by atoms with van der Waals surface area (Å²) in [7, 11) is 1.62. The summed E-state index contributed by atoms with van der Waals surface area (Å²) >= 11 is 0. The third-order valence-electron chi connectivity index (χ3n) is 2.45. The highest BCUT2D eigenvalue weighted by Gasteiger charge is 2.06. The number of aliphatic hydroxyl groups is 1. The average molecular weight is 233 g/mol. The molecule has 2 aromatic rings. The lowest BCUT2D eigenvalue weighted by Gasteiger charge is -2.10.